The third-order valence-electron chi connectivity index (χ3n) is 2.95. The summed E-state index contributed by atoms with van der Waals surface area (Å²) in [6, 6.07) is 9.92. The normalized spacial score (nSPS) is 12.2. The van der Waals surface area contributed by atoms with Crippen LogP contribution in [0.5, 0.6) is 5.75 Å². The molecule has 0 aliphatic heterocycles. The van der Waals surface area contributed by atoms with Crippen molar-refractivity contribution < 1.29 is 9.50 Å². The second-order valence-corrected chi connectivity index (χ2v) is 5.47. The van der Waals surface area contributed by atoms with E-state index in [2.05, 4.69) is 21.2 Å². The average Bonchev–Trinajstić information content (AvgIpc) is 2.36. The Morgan fingerprint density at radius 2 is 1.95 bits per heavy atom. The van der Waals surface area contributed by atoms with Crippen LogP contribution in [0.1, 0.15) is 24.1 Å². The highest BCUT2D eigenvalue weighted by atomic mass is 79.9. The molecule has 2 rings (SSSR count). The Balaban J connectivity index is 2.27. The standard InChI is InChI=1S/C15H15BrFNO/c1-9-3-6-15(19)12(7-9)10(2)18-14-8-11(16)4-5-13(14)17/h3-8,10,18-19H,1-2H3. The van der Waals surface area contributed by atoms with Crippen molar-refractivity contribution in [2.75, 3.05) is 5.32 Å². The highest BCUT2D eigenvalue weighted by molar-refractivity contribution is 9.10. The molecular weight excluding hydrogens is 309 g/mol. The minimum Gasteiger partial charge on any atom is -0.508 e. The predicted octanol–water partition coefficient (Wildman–Crippen LogP) is 4.78. The van der Waals surface area contributed by atoms with Gasteiger partial charge in [0.25, 0.3) is 0 Å². The van der Waals surface area contributed by atoms with Gasteiger partial charge in [0, 0.05) is 10.0 Å². The van der Waals surface area contributed by atoms with Crippen LogP contribution in [-0.2, 0) is 0 Å². The SMILES string of the molecule is Cc1ccc(O)c(C(C)Nc2cc(Br)ccc2F)c1. The van der Waals surface area contributed by atoms with E-state index in [0.717, 1.165) is 15.6 Å². The molecule has 1 atom stereocenters. The molecular formula is C15H15BrFNO. The summed E-state index contributed by atoms with van der Waals surface area (Å²) >= 11 is 3.31. The predicted molar refractivity (Wildman–Crippen MR) is 79.0 cm³/mol. The highest BCUT2D eigenvalue weighted by Gasteiger charge is 2.12. The molecule has 2 N–H and O–H groups in total. The summed E-state index contributed by atoms with van der Waals surface area (Å²) in [5, 5.41) is 12.9. The number of phenols is 1. The van der Waals surface area contributed by atoms with Gasteiger partial charge < -0.3 is 10.4 Å². The van der Waals surface area contributed by atoms with Crippen molar-refractivity contribution in [3.05, 3.63) is 57.8 Å². The van der Waals surface area contributed by atoms with E-state index in [1.54, 1.807) is 18.2 Å². The lowest BCUT2D eigenvalue weighted by atomic mass is 10.0. The van der Waals surface area contributed by atoms with Gasteiger partial charge in [-0.3, -0.25) is 0 Å². The van der Waals surface area contributed by atoms with Crippen molar-refractivity contribution in [3.8, 4) is 5.75 Å². The molecule has 0 heterocycles. The van der Waals surface area contributed by atoms with Gasteiger partial charge in [0.1, 0.15) is 11.6 Å². The van der Waals surface area contributed by atoms with Crippen LogP contribution in [0.15, 0.2) is 40.9 Å². The molecule has 0 saturated heterocycles. The topological polar surface area (TPSA) is 32.3 Å². The third kappa shape index (κ3) is 3.26. The van der Waals surface area contributed by atoms with E-state index in [1.165, 1.54) is 6.07 Å². The number of phenolic OH excluding ortho intramolecular Hbond substituents is 1. The van der Waals surface area contributed by atoms with Gasteiger partial charge in [-0.05, 0) is 38.1 Å². The van der Waals surface area contributed by atoms with Gasteiger partial charge in [-0.15, -0.1) is 0 Å². The molecule has 0 amide bonds. The van der Waals surface area contributed by atoms with Crippen molar-refractivity contribution in [2.24, 2.45) is 0 Å². The number of hydrogen-bond acceptors (Lipinski definition) is 2. The number of aryl methyl sites for hydroxylation is 1. The summed E-state index contributed by atoms with van der Waals surface area (Å²) in [6.45, 7) is 3.84. The van der Waals surface area contributed by atoms with Gasteiger partial charge in [0.15, 0.2) is 0 Å². The smallest absolute Gasteiger partial charge is 0.146 e. The quantitative estimate of drug-likeness (QED) is 0.852. The van der Waals surface area contributed by atoms with Gasteiger partial charge in [0.05, 0.1) is 11.7 Å². The number of halogens is 2. The van der Waals surface area contributed by atoms with Crippen LogP contribution >= 0.6 is 15.9 Å². The second-order valence-electron chi connectivity index (χ2n) is 4.55. The van der Waals surface area contributed by atoms with E-state index in [-0.39, 0.29) is 17.6 Å². The molecule has 100 valence electrons. The number of aromatic hydroxyl groups is 1. The number of anilines is 1. The first-order chi connectivity index (χ1) is 8.97. The molecule has 4 heteroatoms. The molecule has 19 heavy (non-hydrogen) atoms. The van der Waals surface area contributed by atoms with Gasteiger partial charge >= 0.3 is 0 Å². The van der Waals surface area contributed by atoms with Crippen molar-refractivity contribution in [1.29, 1.82) is 0 Å². The lowest BCUT2D eigenvalue weighted by Crippen LogP contribution is -2.08. The average molecular weight is 324 g/mol. The van der Waals surface area contributed by atoms with Gasteiger partial charge in [-0.1, -0.05) is 33.6 Å². The Labute approximate surface area is 120 Å². The summed E-state index contributed by atoms with van der Waals surface area (Å²) < 4.78 is 14.5. The maximum absolute atomic E-state index is 13.7. The fourth-order valence-corrected chi connectivity index (χ4v) is 2.30. The second kappa shape index (κ2) is 5.61. The zero-order valence-electron chi connectivity index (χ0n) is 10.7. The Kier molecular flexibility index (Phi) is 4.10. The Hall–Kier alpha value is -1.55. The molecule has 2 aromatic carbocycles. The number of benzene rings is 2. The summed E-state index contributed by atoms with van der Waals surface area (Å²) in [7, 11) is 0. The largest absolute Gasteiger partial charge is 0.508 e. The molecule has 0 radical (unpaired) electrons. The molecule has 0 aromatic heterocycles. The van der Waals surface area contributed by atoms with E-state index in [9.17, 15) is 9.50 Å². The molecule has 0 aliphatic rings. The van der Waals surface area contributed by atoms with Crippen LogP contribution in [0.25, 0.3) is 0 Å². The summed E-state index contributed by atoms with van der Waals surface area (Å²) in [5.41, 5.74) is 2.21. The monoisotopic (exact) mass is 323 g/mol. The summed E-state index contributed by atoms with van der Waals surface area (Å²) in [5.74, 6) is -0.108. The van der Waals surface area contributed by atoms with Crippen molar-refractivity contribution in [1.82, 2.24) is 0 Å². The minimum absolute atomic E-state index is 0.191. The maximum Gasteiger partial charge on any atom is 0.146 e. The fourth-order valence-electron chi connectivity index (χ4n) is 1.94. The van der Waals surface area contributed by atoms with E-state index in [1.807, 2.05) is 26.0 Å². The molecule has 0 saturated carbocycles. The van der Waals surface area contributed by atoms with Gasteiger partial charge in [0.2, 0.25) is 0 Å². The van der Waals surface area contributed by atoms with Gasteiger partial charge in [-0.2, -0.15) is 0 Å². The van der Waals surface area contributed by atoms with E-state index < -0.39 is 0 Å². The highest BCUT2D eigenvalue weighted by Crippen LogP contribution is 2.29. The van der Waals surface area contributed by atoms with Crippen LogP contribution in [-0.4, -0.2) is 5.11 Å². The lowest BCUT2D eigenvalue weighted by Gasteiger charge is -2.18. The number of rotatable bonds is 3. The molecule has 0 aliphatic carbocycles. The molecule has 2 nitrogen and oxygen atoms in total. The van der Waals surface area contributed by atoms with Crippen molar-refractivity contribution >= 4 is 21.6 Å². The molecule has 0 fully saturated rings. The van der Waals surface area contributed by atoms with Crippen LogP contribution in [0.4, 0.5) is 10.1 Å². The number of hydrogen-bond donors (Lipinski definition) is 2. The zero-order chi connectivity index (χ0) is 14.0. The maximum atomic E-state index is 13.7. The first-order valence-electron chi connectivity index (χ1n) is 5.98. The third-order valence-corrected chi connectivity index (χ3v) is 3.44. The zero-order valence-corrected chi connectivity index (χ0v) is 12.3. The summed E-state index contributed by atoms with van der Waals surface area (Å²) in [6.07, 6.45) is 0. The van der Waals surface area contributed by atoms with Crippen molar-refractivity contribution in [3.63, 3.8) is 0 Å². The number of nitrogens with one attached hydrogen (secondary N) is 1. The first kappa shape index (κ1) is 13.9. The summed E-state index contributed by atoms with van der Waals surface area (Å²) in [4.78, 5) is 0. The molecule has 0 spiro atoms. The Morgan fingerprint density at radius 1 is 1.21 bits per heavy atom. The molecule has 0 bridgehead atoms. The van der Waals surface area contributed by atoms with E-state index in [4.69, 9.17) is 0 Å². The first-order valence-corrected chi connectivity index (χ1v) is 6.78. The van der Waals surface area contributed by atoms with E-state index >= 15 is 0 Å². The van der Waals surface area contributed by atoms with Crippen LogP contribution in [0, 0.1) is 12.7 Å². The van der Waals surface area contributed by atoms with Crippen LogP contribution in [0.2, 0.25) is 0 Å². The minimum atomic E-state index is -0.317. The Bertz CT molecular complexity index is 601. The Morgan fingerprint density at radius 3 is 2.68 bits per heavy atom. The lowest BCUT2D eigenvalue weighted by molar-refractivity contribution is 0.465. The van der Waals surface area contributed by atoms with Crippen LogP contribution < -0.4 is 5.32 Å². The fraction of sp³-hybridized carbons (Fsp3) is 0.200. The molecule has 1 unspecified atom stereocenters. The van der Waals surface area contributed by atoms with E-state index in [0.29, 0.717) is 5.69 Å². The van der Waals surface area contributed by atoms with Crippen LogP contribution in [0.3, 0.4) is 0 Å². The molecule has 2 aromatic rings. The van der Waals surface area contributed by atoms with Crippen molar-refractivity contribution in [2.45, 2.75) is 19.9 Å². The van der Waals surface area contributed by atoms with Gasteiger partial charge in [-0.25, -0.2) is 4.39 Å².